The highest BCUT2D eigenvalue weighted by molar-refractivity contribution is 8.15. The maximum absolute atomic E-state index is 12.0. The van der Waals surface area contributed by atoms with E-state index in [1.807, 2.05) is 0 Å². The second-order valence-electron chi connectivity index (χ2n) is 13.6. The third-order valence-corrected chi connectivity index (χ3v) is 53.7. The maximum atomic E-state index is 12.0. The molecular formula is C24H40O28S8Si8. The second kappa shape index (κ2) is 24.9. The van der Waals surface area contributed by atoms with Gasteiger partial charge in [-0.05, 0) is 94.1 Å². The lowest BCUT2D eigenvalue weighted by atomic mass is 11.0. The first-order valence-corrected chi connectivity index (χ1v) is 42.4. The Morgan fingerprint density at radius 2 is 0.309 bits per heavy atom. The molecule has 6 rings (SSSR count). The fraction of sp³-hybridized carbons (Fsp3) is 0.667. The molecule has 44 heteroatoms. The van der Waals surface area contributed by atoms with Crippen LogP contribution in [0.3, 0.4) is 0 Å². The lowest BCUT2D eigenvalue weighted by molar-refractivity contribution is -0.0280. The highest BCUT2D eigenvalue weighted by Gasteiger charge is 2.83. The Bertz CT molecular complexity index is 1470. The Kier molecular flexibility index (Phi) is 21.5. The molecule has 68 heavy (non-hydrogen) atoms. The van der Waals surface area contributed by atoms with Gasteiger partial charge in [-0.15, -0.1) is 0 Å². The predicted octanol–water partition coefficient (Wildman–Crippen LogP) is 7.05. The number of hydrogen-bond donors (Lipinski definition) is 8. The zero-order valence-electron chi connectivity index (χ0n) is 34.3. The summed E-state index contributed by atoms with van der Waals surface area (Å²) in [6.45, 7) is 0. The van der Waals surface area contributed by atoms with E-state index in [1.54, 1.807) is 0 Å². The molecule has 0 saturated carbocycles. The molecule has 6 aliphatic heterocycles. The fourth-order valence-corrected chi connectivity index (χ4v) is 64.9. The van der Waals surface area contributed by atoms with Gasteiger partial charge in [0.25, 0.3) is 0 Å². The molecule has 0 aliphatic carbocycles. The van der Waals surface area contributed by atoms with Gasteiger partial charge in [-0.1, -0.05) is 0 Å². The molecule has 6 saturated heterocycles. The van der Waals surface area contributed by atoms with E-state index in [4.69, 9.17) is 49.4 Å². The normalized spacial score (nSPS) is 33.6. The van der Waals surface area contributed by atoms with Crippen molar-refractivity contribution in [3.8, 4) is 0 Å². The molecular weight excluding hydrogens is 1220 g/mol. The van der Waals surface area contributed by atoms with Crippen molar-refractivity contribution in [1.82, 2.24) is 0 Å². The minimum atomic E-state index is -5.04. The first-order valence-electron chi connectivity index (χ1n) is 19.1. The van der Waals surface area contributed by atoms with Crippen LogP contribution in [0.2, 0.25) is 48.4 Å². The Balaban J connectivity index is 1.93. The third-order valence-electron chi connectivity index (χ3n) is 8.80. The van der Waals surface area contributed by atoms with Crippen LogP contribution >= 0.6 is 94.1 Å². The van der Waals surface area contributed by atoms with E-state index in [-0.39, 0.29) is 46.0 Å². The van der Waals surface area contributed by atoms with Crippen LogP contribution in [-0.2, 0) is 49.4 Å². The van der Waals surface area contributed by atoms with Crippen LogP contribution in [0.4, 0.5) is 38.4 Å². The van der Waals surface area contributed by atoms with Crippen LogP contribution in [-0.4, -0.2) is 200 Å². The van der Waals surface area contributed by atoms with Crippen LogP contribution in [0.15, 0.2) is 0 Å². The van der Waals surface area contributed by atoms with Crippen molar-refractivity contribution >= 4 is 207 Å². The average Bonchev–Trinajstić information content (AvgIpc) is 3.13. The highest BCUT2D eigenvalue weighted by atomic mass is 32.2. The molecule has 0 aromatic rings. The van der Waals surface area contributed by atoms with Gasteiger partial charge in [-0.25, -0.2) is 38.4 Å². The Morgan fingerprint density at radius 3 is 0.382 bits per heavy atom. The third kappa shape index (κ3) is 16.9. The summed E-state index contributed by atoms with van der Waals surface area (Å²) < 4.78 is 84.8. The minimum absolute atomic E-state index is 0.358. The van der Waals surface area contributed by atoms with E-state index in [2.05, 4.69) is 0 Å². The second-order valence-corrected chi connectivity index (χ2v) is 46.7. The van der Waals surface area contributed by atoms with Crippen molar-refractivity contribution in [1.29, 1.82) is 0 Å². The molecule has 0 unspecified atom stereocenters. The molecule has 8 N–H and O–H groups in total. The largest absolute Gasteiger partial charge is 0.479 e. The minimum Gasteiger partial charge on any atom is -0.473 e. The Labute approximate surface area is 426 Å². The van der Waals surface area contributed by atoms with E-state index in [9.17, 15) is 79.2 Å². The molecule has 0 spiro atoms. The van der Waals surface area contributed by atoms with Crippen LogP contribution in [0.25, 0.3) is 0 Å². The quantitative estimate of drug-likeness (QED) is 0.0448. The molecule has 0 radical (unpaired) electrons. The number of thioether (sulfide) groups is 8. The van der Waals surface area contributed by atoms with Gasteiger partial charge in [0.15, 0.2) is 0 Å². The van der Waals surface area contributed by atoms with Crippen LogP contribution < -0.4 is 0 Å². The summed E-state index contributed by atoms with van der Waals surface area (Å²) in [5, 5.41) is 67.3. The predicted molar refractivity (Wildman–Crippen MR) is 261 cm³/mol. The van der Waals surface area contributed by atoms with Gasteiger partial charge in [0.05, 0.1) is 0 Å². The first-order chi connectivity index (χ1) is 31.8. The number of carbonyl (C=O) groups is 8. The summed E-state index contributed by atoms with van der Waals surface area (Å²) in [4.78, 5) is 96.1. The topological polar surface area (TPSA) is 409 Å². The van der Waals surface area contributed by atoms with Gasteiger partial charge in [0.2, 0.25) is 0 Å². The molecule has 6 fully saturated rings. The lowest BCUT2D eigenvalue weighted by Gasteiger charge is -2.63. The van der Waals surface area contributed by atoms with Crippen molar-refractivity contribution in [2.45, 2.75) is 48.4 Å². The maximum Gasteiger partial charge on any atom is 0.479 e. The van der Waals surface area contributed by atoms with Crippen molar-refractivity contribution < 1.29 is 129 Å². The molecule has 8 bridgehead atoms. The van der Waals surface area contributed by atoms with Gasteiger partial charge in [0, 0.05) is 94.4 Å². The smallest absolute Gasteiger partial charge is 0.473 e. The molecule has 6 heterocycles. The molecule has 0 aromatic heterocycles. The monoisotopic (exact) mass is 1260 g/mol. The van der Waals surface area contributed by atoms with Crippen molar-refractivity contribution in [2.24, 2.45) is 0 Å². The molecule has 384 valence electrons. The standard InChI is InChI=1S/C24H40O28S8Si8/c25-17(26)53-1-9-61-41-62(10-2-54-18(27)28)44-65(13-5-57-21(33)34)46-63(42-61,11-3-55-19(29)30)48-67(15-7-59-23(37)38)49-64(43-61,12-4-56-20(31)32)47-66(45-62,14-6-58-22(35)36)51-68(50-65,52-67)16-8-60-24(39)40/h1-16H2,(H,25,26)(H,27,28)(H,29,30)(H,31,32)(H,33,34)(H,35,36)(H,37,38)(H,39,40). The zero-order valence-corrected chi connectivity index (χ0v) is 48.9. The first kappa shape index (κ1) is 58.7. The average molecular weight is 1260 g/mol. The van der Waals surface area contributed by atoms with Crippen molar-refractivity contribution in [3.05, 3.63) is 0 Å². The van der Waals surface area contributed by atoms with Crippen LogP contribution in [0.5, 0.6) is 0 Å². The molecule has 0 atom stereocenters. The van der Waals surface area contributed by atoms with Gasteiger partial charge in [-0.2, -0.15) is 0 Å². The van der Waals surface area contributed by atoms with Crippen molar-refractivity contribution in [3.63, 3.8) is 0 Å². The summed E-state index contributed by atoms with van der Waals surface area (Å²) in [5.74, 6) is -3.06. The van der Waals surface area contributed by atoms with E-state index in [1.165, 1.54) is 0 Å². The molecule has 6 aliphatic rings. The van der Waals surface area contributed by atoms with Gasteiger partial charge in [-0.3, -0.25) is 0 Å². The number of hydrogen-bond acceptors (Lipinski definition) is 28. The summed E-state index contributed by atoms with van der Waals surface area (Å²) >= 11 is 2.86. The van der Waals surface area contributed by atoms with Crippen molar-refractivity contribution in [2.75, 3.05) is 46.0 Å². The lowest BCUT2D eigenvalue weighted by Crippen LogP contribution is -2.88. The molecule has 0 aromatic carbocycles. The van der Waals surface area contributed by atoms with Gasteiger partial charge < -0.3 is 90.2 Å². The van der Waals surface area contributed by atoms with Crippen LogP contribution in [0, 0.1) is 0 Å². The fourth-order valence-electron chi connectivity index (χ4n) is 6.67. The Morgan fingerprint density at radius 1 is 0.221 bits per heavy atom. The summed E-state index contributed by atoms with van der Waals surface area (Å²) in [6, 6.07) is -4.09. The molecule has 28 nitrogen and oxygen atoms in total. The summed E-state index contributed by atoms with van der Waals surface area (Å²) in [5.41, 5.74) is 0. The highest BCUT2D eigenvalue weighted by Crippen LogP contribution is 2.54. The van der Waals surface area contributed by atoms with E-state index in [0.717, 1.165) is 0 Å². The summed E-state index contributed by atoms with van der Waals surface area (Å²) in [7, 11) is -40.3. The van der Waals surface area contributed by atoms with Crippen LogP contribution in [0.1, 0.15) is 0 Å². The van der Waals surface area contributed by atoms with E-state index >= 15 is 0 Å². The van der Waals surface area contributed by atoms with E-state index in [0.29, 0.717) is 94.1 Å². The molecule has 0 amide bonds. The Hall–Kier alpha value is -0.185. The van der Waals surface area contributed by atoms with Gasteiger partial charge in [0.1, 0.15) is 0 Å². The number of carboxylic acid groups (broad SMARTS) is 8. The SMILES string of the molecule is O=C(O)SCC[Si]12O[Si]3(CCSC(=O)O)O[Si]4(CCSC(=O)O)O[Si](CCSC(=O)O)(O1)O[Si]1(CCSC(=O)O)O[Si](CCSC(=O)O)(O2)O[Si](CCSC(=O)O)(O3)O[Si](CCSC(=O)O)(O4)O1. The number of rotatable bonds is 24. The summed E-state index contributed by atoms with van der Waals surface area (Å²) in [6.07, 6.45) is 0. The zero-order chi connectivity index (χ0) is 50.1. The van der Waals surface area contributed by atoms with E-state index < -0.39 is 161 Å². The van der Waals surface area contributed by atoms with Gasteiger partial charge >= 0.3 is 113 Å².